The Labute approximate surface area is 116 Å². The van der Waals surface area contributed by atoms with Gasteiger partial charge in [0.1, 0.15) is 11.1 Å². The quantitative estimate of drug-likeness (QED) is 0.832. The average Bonchev–Trinajstić information content (AvgIpc) is 2.89. The Bertz CT molecular complexity index is 617. The van der Waals surface area contributed by atoms with E-state index in [4.69, 9.17) is 9.15 Å². The lowest BCUT2D eigenvalue weighted by Gasteiger charge is -2.22. The Kier molecular flexibility index (Phi) is 3.56. The first kappa shape index (κ1) is 12.9. The van der Waals surface area contributed by atoms with E-state index in [1.807, 2.05) is 6.07 Å². The summed E-state index contributed by atoms with van der Waals surface area (Å²) in [5.74, 6) is -0.417. The van der Waals surface area contributed by atoms with E-state index in [0.717, 1.165) is 25.9 Å². The minimum atomic E-state index is -0.417. The first-order chi connectivity index (χ1) is 9.78. The SMILES string of the molecule is COC(=O)c1cccc2nc(NC3CCNCC3)oc12. The Morgan fingerprint density at radius 2 is 2.25 bits per heavy atom. The number of esters is 1. The first-order valence-electron chi connectivity index (χ1n) is 6.73. The molecule has 1 saturated heterocycles. The molecule has 1 aromatic carbocycles. The number of oxazole rings is 1. The van der Waals surface area contributed by atoms with Crippen LogP contribution in [0.1, 0.15) is 23.2 Å². The van der Waals surface area contributed by atoms with E-state index < -0.39 is 5.97 Å². The number of hydrogen-bond acceptors (Lipinski definition) is 6. The molecule has 2 N–H and O–H groups in total. The van der Waals surface area contributed by atoms with Crippen molar-refractivity contribution >= 4 is 23.1 Å². The van der Waals surface area contributed by atoms with Gasteiger partial charge in [0, 0.05) is 6.04 Å². The monoisotopic (exact) mass is 275 g/mol. The van der Waals surface area contributed by atoms with Gasteiger partial charge in [0.05, 0.1) is 7.11 Å². The summed E-state index contributed by atoms with van der Waals surface area (Å²) in [6.45, 7) is 1.98. The van der Waals surface area contributed by atoms with Crippen LogP contribution in [0.3, 0.4) is 0 Å². The number of para-hydroxylation sites is 1. The van der Waals surface area contributed by atoms with Gasteiger partial charge < -0.3 is 19.8 Å². The van der Waals surface area contributed by atoms with Gasteiger partial charge in [-0.25, -0.2) is 4.79 Å². The van der Waals surface area contributed by atoms with Crippen LogP contribution in [0.25, 0.3) is 11.1 Å². The third-order valence-electron chi connectivity index (χ3n) is 3.49. The molecule has 2 heterocycles. The molecule has 0 atom stereocenters. The van der Waals surface area contributed by atoms with Crippen LogP contribution in [0.5, 0.6) is 0 Å². The molecule has 20 heavy (non-hydrogen) atoms. The maximum Gasteiger partial charge on any atom is 0.341 e. The van der Waals surface area contributed by atoms with E-state index in [0.29, 0.717) is 28.7 Å². The van der Waals surface area contributed by atoms with Crippen LogP contribution in [0.2, 0.25) is 0 Å². The van der Waals surface area contributed by atoms with E-state index in [2.05, 4.69) is 15.6 Å². The highest BCUT2D eigenvalue weighted by Crippen LogP contribution is 2.24. The highest BCUT2D eigenvalue weighted by molar-refractivity contribution is 6.01. The van der Waals surface area contributed by atoms with Gasteiger partial charge in [-0.1, -0.05) is 6.07 Å². The number of hydrogen-bond donors (Lipinski definition) is 2. The number of nitrogens with zero attached hydrogens (tertiary/aromatic N) is 1. The predicted molar refractivity (Wildman–Crippen MR) is 74.9 cm³/mol. The number of anilines is 1. The Morgan fingerprint density at radius 1 is 1.45 bits per heavy atom. The van der Waals surface area contributed by atoms with Crippen molar-refractivity contribution in [3.63, 3.8) is 0 Å². The number of rotatable bonds is 3. The van der Waals surface area contributed by atoms with Gasteiger partial charge >= 0.3 is 5.97 Å². The van der Waals surface area contributed by atoms with Crippen molar-refractivity contribution in [3.8, 4) is 0 Å². The van der Waals surface area contributed by atoms with Gasteiger partial charge in [0.2, 0.25) is 0 Å². The van der Waals surface area contributed by atoms with Crippen LogP contribution in [-0.2, 0) is 4.74 Å². The number of carbonyl (C=O) groups is 1. The van der Waals surface area contributed by atoms with Gasteiger partial charge in [0.25, 0.3) is 6.01 Å². The second-order valence-electron chi connectivity index (χ2n) is 4.83. The summed E-state index contributed by atoms with van der Waals surface area (Å²) < 4.78 is 10.4. The lowest BCUT2D eigenvalue weighted by molar-refractivity contribution is 0.0602. The molecule has 1 aromatic heterocycles. The number of aromatic nitrogens is 1. The predicted octanol–water partition coefficient (Wildman–Crippen LogP) is 1.78. The molecule has 6 nitrogen and oxygen atoms in total. The molecule has 0 saturated carbocycles. The van der Waals surface area contributed by atoms with Crippen LogP contribution in [-0.4, -0.2) is 37.2 Å². The minimum Gasteiger partial charge on any atom is -0.465 e. The summed E-state index contributed by atoms with van der Waals surface area (Å²) in [6.07, 6.45) is 2.06. The molecule has 0 amide bonds. The van der Waals surface area contributed by atoms with Crippen LogP contribution >= 0.6 is 0 Å². The van der Waals surface area contributed by atoms with Crippen LogP contribution in [0.4, 0.5) is 6.01 Å². The number of methoxy groups -OCH3 is 1. The third-order valence-corrected chi connectivity index (χ3v) is 3.49. The zero-order valence-corrected chi connectivity index (χ0v) is 11.3. The fourth-order valence-corrected chi connectivity index (χ4v) is 2.42. The molecule has 106 valence electrons. The zero-order chi connectivity index (χ0) is 13.9. The van der Waals surface area contributed by atoms with Gasteiger partial charge in [-0.3, -0.25) is 0 Å². The number of benzene rings is 1. The van der Waals surface area contributed by atoms with Crippen molar-refractivity contribution < 1.29 is 13.9 Å². The molecular weight excluding hydrogens is 258 g/mol. The van der Waals surface area contributed by atoms with Crippen molar-refractivity contribution in [1.82, 2.24) is 10.3 Å². The second kappa shape index (κ2) is 5.50. The summed E-state index contributed by atoms with van der Waals surface area (Å²) >= 11 is 0. The van der Waals surface area contributed by atoms with E-state index in [1.54, 1.807) is 12.1 Å². The number of ether oxygens (including phenoxy) is 1. The third kappa shape index (κ3) is 2.46. The normalized spacial score (nSPS) is 16.2. The molecule has 0 bridgehead atoms. The summed E-state index contributed by atoms with van der Waals surface area (Å²) in [6, 6.07) is 6.08. The minimum absolute atomic E-state index is 0.353. The van der Waals surface area contributed by atoms with Crippen molar-refractivity contribution in [3.05, 3.63) is 23.8 Å². The molecule has 6 heteroatoms. The highest BCUT2D eigenvalue weighted by Gasteiger charge is 2.18. The van der Waals surface area contributed by atoms with Gasteiger partial charge in [-0.2, -0.15) is 4.98 Å². The molecular formula is C14H17N3O3. The second-order valence-corrected chi connectivity index (χ2v) is 4.83. The molecule has 0 unspecified atom stereocenters. The van der Waals surface area contributed by atoms with Crippen LogP contribution in [0, 0.1) is 0 Å². The summed E-state index contributed by atoms with van der Waals surface area (Å²) in [4.78, 5) is 16.1. The number of nitrogens with one attached hydrogen (secondary N) is 2. The van der Waals surface area contributed by atoms with E-state index >= 15 is 0 Å². The standard InChI is InChI=1S/C14H17N3O3/c1-19-13(18)10-3-2-4-11-12(10)20-14(17-11)16-9-5-7-15-8-6-9/h2-4,9,15H,5-8H2,1H3,(H,16,17). The average molecular weight is 275 g/mol. The van der Waals surface area contributed by atoms with E-state index in [-0.39, 0.29) is 0 Å². The van der Waals surface area contributed by atoms with Crippen LogP contribution in [0.15, 0.2) is 22.6 Å². The van der Waals surface area contributed by atoms with Crippen molar-refractivity contribution in [2.24, 2.45) is 0 Å². The van der Waals surface area contributed by atoms with Crippen LogP contribution < -0.4 is 10.6 Å². The van der Waals surface area contributed by atoms with Crippen molar-refractivity contribution in [2.75, 3.05) is 25.5 Å². The number of carbonyl (C=O) groups excluding carboxylic acids is 1. The lowest BCUT2D eigenvalue weighted by Crippen LogP contribution is -2.35. The fourth-order valence-electron chi connectivity index (χ4n) is 2.42. The smallest absolute Gasteiger partial charge is 0.341 e. The highest BCUT2D eigenvalue weighted by atomic mass is 16.5. The molecule has 0 aliphatic carbocycles. The number of fused-ring (bicyclic) bond motifs is 1. The summed E-state index contributed by atoms with van der Waals surface area (Å²) in [5.41, 5.74) is 1.52. The van der Waals surface area contributed by atoms with Gasteiger partial charge in [0.15, 0.2) is 5.58 Å². The Balaban J connectivity index is 1.88. The molecule has 1 fully saturated rings. The number of piperidine rings is 1. The molecule has 0 radical (unpaired) electrons. The lowest BCUT2D eigenvalue weighted by atomic mass is 10.1. The summed E-state index contributed by atoms with van der Waals surface area (Å²) in [7, 11) is 1.35. The Hall–Kier alpha value is -2.08. The molecule has 2 aromatic rings. The van der Waals surface area contributed by atoms with Crippen molar-refractivity contribution in [1.29, 1.82) is 0 Å². The van der Waals surface area contributed by atoms with E-state index in [1.165, 1.54) is 7.11 Å². The fraction of sp³-hybridized carbons (Fsp3) is 0.429. The van der Waals surface area contributed by atoms with Crippen molar-refractivity contribution in [2.45, 2.75) is 18.9 Å². The topological polar surface area (TPSA) is 76.4 Å². The largest absolute Gasteiger partial charge is 0.465 e. The maximum absolute atomic E-state index is 11.7. The first-order valence-corrected chi connectivity index (χ1v) is 6.73. The molecule has 0 spiro atoms. The Morgan fingerprint density at radius 3 is 3.00 bits per heavy atom. The molecule has 1 aliphatic rings. The molecule has 3 rings (SSSR count). The summed E-state index contributed by atoms with van der Waals surface area (Å²) in [5, 5.41) is 6.59. The zero-order valence-electron chi connectivity index (χ0n) is 11.3. The van der Waals surface area contributed by atoms with Gasteiger partial charge in [-0.05, 0) is 38.1 Å². The maximum atomic E-state index is 11.7. The molecule has 1 aliphatic heterocycles. The van der Waals surface area contributed by atoms with Gasteiger partial charge in [-0.15, -0.1) is 0 Å². The van der Waals surface area contributed by atoms with E-state index in [9.17, 15) is 4.79 Å².